The van der Waals surface area contributed by atoms with Crippen LogP contribution in [0.15, 0.2) is 24.8 Å². The molecule has 2 N–H and O–H groups in total. The number of hydrogen-bond acceptors (Lipinski definition) is 3. The van der Waals surface area contributed by atoms with Crippen LogP contribution < -0.4 is 0 Å². The van der Waals surface area contributed by atoms with Crippen molar-refractivity contribution >= 4 is 8.32 Å². The predicted octanol–water partition coefficient (Wildman–Crippen LogP) is 3.89. The predicted molar refractivity (Wildman–Crippen MR) is 95.3 cm³/mol. The van der Waals surface area contributed by atoms with Crippen LogP contribution in [0.2, 0.25) is 19.6 Å². The largest absolute Gasteiger partial charge is 0.412 e. The van der Waals surface area contributed by atoms with Gasteiger partial charge >= 0.3 is 0 Å². The van der Waals surface area contributed by atoms with E-state index < -0.39 is 19.5 Å². The maximum atomic E-state index is 10.5. The van der Waals surface area contributed by atoms with Gasteiger partial charge in [0.15, 0.2) is 8.32 Å². The number of hydrogen-bond donors (Lipinski definition) is 2. The minimum Gasteiger partial charge on any atom is -0.412 e. The lowest BCUT2D eigenvalue weighted by atomic mass is 9.78. The van der Waals surface area contributed by atoms with Crippen molar-refractivity contribution in [3.63, 3.8) is 0 Å². The van der Waals surface area contributed by atoms with Gasteiger partial charge in [-0.2, -0.15) is 0 Å². The van der Waals surface area contributed by atoms with Gasteiger partial charge in [0, 0.05) is 5.92 Å². The lowest BCUT2D eigenvalue weighted by Gasteiger charge is -2.40. The molecule has 22 heavy (non-hydrogen) atoms. The fourth-order valence-electron chi connectivity index (χ4n) is 3.53. The van der Waals surface area contributed by atoms with Gasteiger partial charge in [-0.05, 0) is 66.1 Å². The van der Waals surface area contributed by atoms with E-state index in [1.165, 1.54) is 6.08 Å². The molecule has 0 spiro atoms. The van der Waals surface area contributed by atoms with E-state index in [0.29, 0.717) is 0 Å². The molecule has 4 atom stereocenters. The summed E-state index contributed by atoms with van der Waals surface area (Å²) in [5.74, 6) is 0.191. The summed E-state index contributed by atoms with van der Waals surface area (Å²) in [6, 6.07) is 0. The molecule has 0 amide bonds. The van der Waals surface area contributed by atoms with Crippen molar-refractivity contribution in [1.82, 2.24) is 0 Å². The van der Waals surface area contributed by atoms with Gasteiger partial charge in [0.1, 0.15) is 0 Å². The third kappa shape index (κ3) is 5.05. The highest BCUT2D eigenvalue weighted by Crippen LogP contribution is 2.49. The van der Waals surface area contributed by atoms with Crippen LogP contribution in [0, 0.1) is 11.8 Å². The molecule has 0 aromatic rings. The Balaban J connectivity index is 3.15. The lowest BCUT2D eigenvalue weighted by molar-refractivity contribution is -0.0232. The Hall–Kier alpha value is -0.423. The number of aliphatic hydroxyl groups is 2. The second-order valence-corrected chi connectivity index (χ2v) is 13.1. The minimum atomic E-state index is -1.71. The topological polar surface area (TPSA) is 49.7 Å². The van der Waals surface area contributed by atoms with Crippen LogP contribution in [0.3, 0.4) is 0 Å². The molecule has 0 aromatic heterocycles. The molecule has 1 rings (SSSR count). The average molecular weight is 327 g/mol. The van der Waals surface area contributed by atoms with Gasteiger partial charge in [-0.1, -0.05) is 24.8 Å². The first-order valence-electron chi connectivity index (χ1n) is 8.18. The standard InChI is InChI=1S/C18H34O3Si/c1-9-17(4,20)12-10-15-14(16(2,3)19)11-13-18(15,5)21-22(6,7)8/h9-10,12,14-15,19-20H,1,11,13H2,2-8H3/b12-10+. The Bertz CT molecular complexity index is 429. The van der Waals surface area contributed by atoms with Crippen molar-refractivity contribution in [1.29, 1.82) is 0 Å². The highest BCUT2D eigenvalue weighted by molar-refractivity contribution is 6.69. The highest BCUT2D eigenvalue weighted by Gasteiger charge is 2.51. The molecule has 0 aromatic carbocycles. The molecular weight excluding hydrogens is 292 g/mol. The Kier molecular flexibility index (Phi) is 5.56. The van der Waals surface area contributed by atoms with E-state index in [1.54, 1.807) is 13.0 Å². The van der Waals surface area contributed by atoms with Crippen LogP contribution in [-0.2, 0) is 4.43 Å². The van der Waals surface area contributed by atoms with E-state index in [4.69, 9.17) is 4.43 Å². The Labute approximate surface area is 137 Å². The minimum absolute atomic E-state index is 0.0747. The Morgan fingerprint density at radius 3 is 2.18 bits per heavy atom. The molecule has 0 aliphatic heterocycles. The van der Waals surface area contributed by atoms with E-state index in [2.05, 4.69) is 33.1 Å². The van der Waals surface area contributed by atoms with Crippen LogP contribution in [0.4, 0.5) is 0 Å². The Morgan fingerprint density at radius 2 is 1.77 bits per heavy atom. The maximum Gasteiger partial charge on any atom is 0.184 e. The molecule has 0 heterocycles. The maximum absolute atomic E-state index is 10.5. The molecule has 1 aliphatic carbocycles. The van der Waals surface area contributed by atoms with Gasteiger partial charge in [-0.3, -0.25) is 0 Å². The highest BCUT2D eigenvalue weighted by atomic mass is 28.4. The zero-order chi connectivity index (χ0) is 17.4. The van der Waals surface area contributed by atoms with Gasteiger partial charge < -0.3 is 14.6 Å². The zero-order valence-electron chi connectivity index (χ0n) is 15.3. The first kappa shape index (κ1) is 19.6. The first-order valence-corrected chi connectivity index (χ1v) is 11.6. The summed E-state index contributed by atoms with van der Waals surface area (Å²) in [5, 5.41) is 20.7. The van der Waals surface area contributed by atoms with Crippen molar-refractivity contribution in [2.45, 2.75) is 77.0 Å². The van der Waals surface area contributed by atoms with Gasteiger partial charge in [0.25, 0.3) is 0 Å². The van der Waals surface area contributed by atoms with Gasteiger partial charge in [0.05, 0.1) is 16.8 Å². The van der Waals surface area contributed by atoms with Crippen LogP contribution in [0.25, 0.3) is 0 Å². The van der Waals surface area contributed by atoms with Crippen LogP contribution in [0.5, 0.6) is 0 Å². The monoisotopic (exact) mass is 326 g/mol. The quantitative estimate of drug-likeness (QED) is 0.575. The van der Waals surface area contributed by atoms with Crippen LogP contribution in [0.1, 0.15) is 40.5 Å². The molecule has 1 saturated carbocycles. The van der Waals surface area contributed by atoms with Crippen LogP contribution in [-0.4, -0.2) is 35.3 Å². The zero-order valence-corrected chi connectivity index (χ0v) is 16.3. The van der Waals surface area contributed by atoms with E-state index in [-0.39, 0.29) is 17.4 Å². The normalized spacial score (nSPS) is 33.1. The fourth-order valence-corrected chi connectivity index (χ4v) is 5.17. The summed E-state index contributed by atoms with van der Waals surface area (Å²) >= 11 is 0. The fraction of sp³-hybridized carbons (Fsp3) is 0.778. The summed E-state index contributed by atoms with van der Waals surface area (Å²) < 4.78 is 6.49. The third-order valence-corrected chi connectivity index (χ3v) is 5.67. The van der Waals surface area contributed by atoms with Crippen molar-refractivity contribution in [3.05, 3.63) is 24.8 Å². The molecule has 1 fully saturated rings. The molecule has 0 saturated heterocycles. The van der Waals surface area contributed by atoms with Crippen molar-refractivity contribution in [3.8, 4) is 0 Å². The summed E-state index contributed by atoms with van der Waals surface area (Å²) in [4.78, 5) is 0. The molecule has 0 radical (unpaired) electrons. The summed E-state index contributed by atoms with van der Waals surface area (Å²) in [5.41, 5.74) is -2.09. The molecule has 4 unspecified atom stereocenters. The smallest absolute Gasteiger partial charge is 0.184 e. The van der Waals surface area contributed by atoms with E-state index in [0.717, 1.165) is 12.8 Å². The van der Waals surface area contributed by atoms with E-state index in [9.17, 15) is 10.2 Å². The van der Waals surface area contributed by atoms with E-state index in [1.807, 2.05) is 19.9 Å². The van der Waals surface area contributed by atoms with Crippen molar-refractivity contribution in [2.24, 2.45) is 11.8 Å². The third-order valence-electron chi connectivity index (χ3n) is 4.59. The van der Waals surface area contributed by atoms with Crippen LogP contribution >= 0.6 is 0 Å². The Morgan fingerprint density at radius 1 is 1.23 bits per heavy atom. The second-order valence-electron chi connectivity index (χ2n) is 8.64. The molecule has 4 heteroatoms. The van der Waals surface area contributed by atoms with Gasteiger partial charge in [-0.15, -0.1) is 0 Å². The SMILES string of the molecule is C=CC(C)(O)/C=C/C1C(C(C)(C)O)CCC1(C)O[Si](C)(C)C. The van der Waals surface area contributed by atoms with Crippen molar-refractivity contribution in [2.75, 3.05) is 0 Å². The molecule has 128 valence electrons. The summed E-state index contributed by atoms with van der Waals surface area (Å²) in [6.45, 7) is 17.8. The van der Waals surface area contributed by atoms with Crippen molar-refractivity contribution < 1.29 is 14.6 Å². The molecular formula is C18H34O3Si. The van der Waals surface area contributed by atoms with Gasteiger partial charge in [0.2, 0.25) is 0 Å². The first-order chi connectivity index (χ1) is 9.70. The molecule has 1 aliphatic rings. The molecule has 0 bridgehead atoms. The van der Waals surface area contributed by atoms with E-state index >= 15 is 0 Å². The molecule has 3 nitrogen and oxygen atoms in total. The summed E-state index contributed by atoms with van der Waals surface area (Å²) in [7, 11) is -1.71. The van der Waals surface area contributed by atoms with Gasteiger partial charge in [-0.25, -0.2) is 0 Å². The summed E-state index contributed by atoms with van der Waals surface area (Å²) in [6.07, 6.45) is 7.18. The second kappa shape index (κ2) is 6.23. The lowest BCUT2D eigenvalue weighted by Crippen LogP contribution is -2.46. The number of rotatable bonds is 6. The average Bonchev–Trinajstić information content (AvgIpc) is 2.60.